The third-order valence-electron chi connectivity index (χ3n) is 2.69. The van der Waals surface area contributed by atoms with Crippen LogP contribution in [-0.4, -0.2) is 37.3 Å². The van der Waals surface area contributed by atoms with Crippen molar-refractivity contribution in [2.45, 2.75) is 12.2 Å². The van der Waals surface area contributed by atoms with Crippen molar-refractivity contribution in [1.82, 2.24) is 4.98 Å². The number of fused-ring (bicyclic) bond motifs is 1. The summed E-state index contributed by atoms with van der Waals surface area (Å²) in [6, 6.07) is 0. The van der Waals surface area contributed by atoms with Gasteiger partial charge >= 0.3 is 5.97 Å². The molecule has 2 heterocycles. The molecule has 2 rings (SSSR count). The molecule has 0 spiro atoms. The Morgan fingerprint density at radius 1 is 1.53 bits per heavy atom. The minimum absolute atomic E-state index is 0.0237. The second-order valence-electron chi connectivity index (χ2n) is 3.79. The molecule has 17 heavy (non-hydrogen) atoms. The van der Waals surface area contributed by atoms with E-state index in [-0.39, 0.29) is 29.4 Å². The van der Waals surface area contributed by atoms with Gasteiger partial charge in [-0.25, -0.2) is 18.2 Å². The SMILES string of the molecule is COc1ncc2c(c1C(=O)O)CCS(=O)(=O)C2. The number of aromatic nitrogens is 1. The summed E-state index contributed by atoms with van der Waals surface area (Å²) < 4.78 is 27.8. The second kappa shape index (κ2) is 3.99. The highest BCUT2D eigenvalue weighted by Crippen LogP contribution is 2.28. The lowest BCUT2D eigenvalue weighted by atomic mass is 10.0. The largest absolute Gasteiger partial charge is 0.480 e. The highest BCUT2D eigenvalue weighted by molar-refractivity contribution is 7.90. The maximum Gasteiger partial charge on any atom is 0.341 e. The first-order valence-electron chi connectivity index (χ1n) is 4.93. The summed E-state index contributed by atoms with van der Waals surface area (Å²) in [5, 5.41) is 9.11. The Balaban J connectivity index is 2.63. The van der Waals surface area contributed by atoms with Crippen molar-refractivity contribution in [2.24, 2.45) is 0 Å². The van der Waals surface area contributed by atoms with Crippen molar-refractivity contribution < 1.29 is 23.1 Å². The summed E-state index contributed by atoms with van der Waals surface area (Å²) in [7, 11) is -1.80. The maximum absolute atomic E-state index is 11.4. The van der Waals surface area contributed by atoms with Crippen LogP contribution in [0.25, 0.3) is 0 Å². The van der Waals surface area contributed by atoms with E-state index in [2.05, 4.69) is 4.98 Å². The molecular formula is C10H11NO5S. The van der Waals surface area contributed by atoms with Crippen molar-refractivity contribution in [1.29, 1.82) is 0 Å². The van der Waals surface area contributed by atoms with Crippen LogP contribution >= 0.6 is 0 Å². The van der Waals surface area contributed by atoms with Crippen molar-refractivity contribution in [3.63, 3.8) is 0 Å². The Hall–Kier alpha value is -1.63. The fourth-order valence-corrected chi connectivity index (χ4v) is 3.30. The average Bonchev–Trinajstić information content (AvgIpc) is 2.25. The highest BCUT2D eigenvalue weighted by Gasteiger charge is 2.28. The smallest absolute Gasteiger partial charge is 0.341 e. The number of carboxylic acids is 1. The quantitative estimate of drug-likeness (QED) is 0.816. The van der Waals surface area contributed by atoms with Crippen LogP contribution < -0.4 is 4.74 Å². The summed E-state index contributed by atoms with van der Waals surface area (Å²) in [5.41, 5.74) is 0.938. The zero-order chi connectivity index (χ0) is 12.6. The molecule has 7 heteroatoms. The van der Waals surface area contributed by atoms with Gasteiger partial charge in [0.15, 0.2) is 9.84 Å². The first-order chi connectivity index (χ1) is 7.94. The zero-order valence-corrected chi connectivity index (χ0v) is 9.95. The van der Waals surface area contributed by atoms with Crippen molar-refractivity contribution in [3.05, 3.63) is 22.9 Å². The fraction of sp³-hybridized carbons (Fsp3) is 0.400. The van der Waals surface area contributed by atoms with Gasteiger partial charge in [0.1, 0.15) is 5.56 Å². The number of aromatic carboxylic acids is 1. The predicted molar refractivity (Wildman–Crippen MR) is 58.9 cm³/mol. The van der Waals surface area contributed by atoms with E-state index in [4.69, 9.17) is 9.84 Å². The van der Waals surface area contributed by atoms with Crippen LogP contribution in [0.3, 0.4) is 0 Å². The van der Waals surface area contributed by atoms with Crippen LogP contribution in [0.5, 0.6) is 5.88 Å². The molecular weight excluding hydrogens is 246 g/mol. The number of hydrogen-bond acceptors (Lipinski definition) is 5. The van der Waals surface area contributed by atoms with E-state index >= 15 is 0 Å². The highest BCUT2D eigenvalue weighted by atomic mass is 32.2. The maximum atomic E-state index is 11.4. The summed E-state index contributed by atoms with van der Waals surface area (Å²) in [5.74, 6) is -1.31. The van der Waals surface area contributed by atoms with Gasteiger partial charge in [-0.05, 0) is 17.5 Å². The van der Waals surface area contributed by atoms with Gasteiger partial charge in [0.05, 0.1) is 18.6 Å². The van der Waals surface area contributed by atoms with E-state index in [1.54, 1.807) is 0 Å². The number of methoxy groups -OCH3 is 1. The van der Waals surface area contributed by atoms with Gasteiger partial charge in [-0.3, -0.25) is 0 Å². The number of nitrogens with zero attached hydrogens (tertiary/aromatic N) is 1. The first-order valence-corrected chi connectivity index (χ1v) is 6.75. The monoisotopic (exact) mass is 257 g/mol. The number of sulfone groups is 1. The number of carbonyl (C=O) groups is 1. The van der Waals surface area contributed by atoms with Crippen LogP contribution in [0.15, 0.2) is 6.20 Å². The minimum atomic E-state index is -3.13. The molecule has 0 bridgehead atoms. The number of rotatable bonds is 2. The van der Waals surface area contributed by atoms with Crippen LogP contribution in [0.2, 0.25) is 0 Å². The van der Waals surface area contributed by atoms with Crippen molar-refractivity contribution in [3.8, 4) is 5.88 Å². The Morgan fingerprint density at radius 3 is 2.82 bits per heavy atom. The molecule has 1 N–H and O–H groups in total. The van der Waals surface area contributed by atoms with Crippen molar-refractivity contribution >= 4 is 15.8 Å². The molecule has 1 aromatic rings. The lowest BCUT2D eigenvalue weighted by molar-refractivity contribution is 0.0691. The topological polar surface area (TPSA) is 93.6 Å². The fourth-order valence-electron chi connectivity index (χ4n) is 1.92. The van der Waals surface area contributed by atoms with E-state index in [1.165, 1.54) is 13.3 Å². The normalized spacial score (nSPS) is 17.2. The van der Waals surface area contributed by atoms with E-state index in [0.29, 0.717) is 11.1 Å². The molecule has 0 radical (unpaired) electrons. The molecule has 1 aromatic heterocycles. The standard InChI is InChI=1S/C10H11NO5S/c1-16-9-8(10(12)13)7-2-3-17(14,15)5-6(7)4-11-9/h4H,2-3,5H2,1H3,(H,12,13). The lowest BCUT2D eigenvalue weighted by Crippen LogP contribution is -2.22. The van der Waals surface area contributed by atoms with E-state index in [9.17, 15) is 13.2 Å². The number of hydrogen-bond donors (Lipinski definition) is 1. The van der Waals surface area contributed by atoms with Gasteiger partial charge in [-0.2, -0.15) is 0 Å². The molecule has 0 saturated carbocycles. The minimum Gasteiger partial charge on any atom is -0.480 e. The Bertz CT molecular complexity index is 579. The molecule has 0 unspecified atom stereocenters. The molecule has 0 amide bonds. The van der Waals surface area contributed by atoms with E-state index < -0.39 is 15.8 Å². The molecule has 0 fully saturated rings. The third-order valence-corrected chi connectivity index (χ3v) is 4.26. The zero-order valence-electron chi connectivity index (χ0n) is 9.13. The molecule has 0 atom stereocenters. The third kappa shape index (κ3) is 2.10. The summed E-state index contributed by atoms with van der Waals surface area (Å²) >= 11 is 0. The Labute approximate surface area is 98.2 Å². The molecule has 6 nitrogen and oxygen atoms in total. The van der Waals surface area contributed by atoms with Crippen LogP contribution in [0.4, 0.5) is 0 Å². The predicted octanol–water partition coefficient (Wildman–Crippen LogP) is 0.259. The van der Waals surface area contributed by atoms with Crippen LogP contribution in [0.1, 0.15) is 21.5 Å². The van der Waals surface area contributed by atoms with E-state index in [0.717, 1.165) is 0 Å². The summed E-state index contributed by atoms with van der Waals surface area (Å²) in [4.78, 5) is 15.0. The second-order valence-corrected chi connectivity index (χ2v) is 5.98. The molecule has 92 valence electrons. The van der Waals surface area contributed by atoms with Gasteiger partial charge in [0.2, 0.25) is 5.88 Å². The van der Waals surface area contributed by atoms with Crippen LogP contribution in [-0.2, 0) is 22.0 Å². The summed E-state index contributed by atoms with van der Waals surface area (Å²) in [6.45, 7) is 0. The average molecular weight is 257 g/mol. The number of ether oxygens (including phenoxy) is 1. The number of pyridine rings is 1. The lowest BCUT2D eigenvalue weighted by Gasteiger charge is -2.18. The van der Waals surface area contributed by atoms with Gasteiger partial charge in [-0.15, -0.1) is 0 Å². The number of carboxylic acid groups (broad SMARTS) is 1. The van der Waals surface area contributed by atoms with Gasteiger partial charge in [0, 0.05) is 6.20 Å². The van der Waals surface area contributed by atoms with Gasteiger partial charge in [-0.1, -0.05) is 0 Å². The van der Waals surface area contributed by atoms with Gasteiger partial charge < -0.3 is 9.84 Å². The molecule has 0 aliphatic carbocycles. The first kappa shape index (κ1) is 11.8. The van der Waals surface area contributed by atoms with Gasteiger partial charge in [0.25, 0.3) is 0 Å². The molecule has 1 aliphatic heterocycles. The summed E-state index contributed by atoms with van der Waals surface area (Å²) in [6.07, 6.45) is 1.56. The van der Waals surface area contributed by atoms with Crippen molar-refractivity contribution in [2.75, 3.05) is 12.9 Å². The Morgan fingerprint density at radius 2 is 2.24 bits per heavy atom. The van der Waals surface area contributed by atoms with Crippen LogP contribution in [0, 0.1) is 0 Å². The molecule has 1 aliphatic rings. The van der Waals surface area contributed by atoms with E-state index in [1.807, 2.05) is 0 Å². The Kier molecular flexibility index (Phi) is 2.78. The molecule has 0 aromatic carbocycles. The molecule has 0 saturated heterocycles.